The van der Waals surface area contributed by atoms with Gasteiger partial charge < -0.3 is 11.5 Å². The monoisotopic (exact) mass is 268 g/mol. The predicted octanol–water partition coefficient (Wildman–Crippen LogP) is 1.86. The minimum Gasteiger partial charge on any atom is -0.370 e. The van der Waals surface area contributed by atoms with Crippen LogP contribution in [0, 0.1) is 11.6 Å². The molecular formula is C10H9F5N2O. The van der Waals surface area contributed by atoms with Crippen molar-refractivity contribution in [2.75, 3.05) is 0 Å². The van der Waals surface area contributed by atoms with Gasteiger partial charge in [-0.2, -0.15) is 13.2 Å². The number of hydrogen-bond acceptors (Lipinski definition) is 2. The molecule has 1 aromatic rings. The lowest BCUT2D eigenvalue weighted by atomic mass is 9.97. The maximum atomic E-state index is 12.9. The van der Waals surface area contributed by atoms with Gasteiger partial charge >= 0.3 is 6.18 Å². The molecule has 0 heterocycles. The van der Waals surface area contributed by atoms with Gasteiger partial charge in [0, 0.05) is 12.5 Å². The zero-order valence-electron chi connectivity index (χ0n) is 8.89. The van der Waals surface area contributed by atoms with Crippen LogP contribution in [0.15, 0.2) is 12.1 Å². The van der Waals surface area contributed by atoms with E-state index in [4.69, 9.17) is 11.5 Å². The van der Waals surface area contributed by atoms with Crippen molar-refractivity contribution in [2.24, 2.45) is 11.5 Å². The molecule has 3 nitrogen and oxygen atoms in total. The van der Waals surface area contributed by atoms with E-state index in [0.29, 0.717) is 6.07 Å². The first-order chi connectivity index (χ1) is 8.12. The molecule has 0 saturated carbocycles. The number of carbonyl (C=O) groups excluding carboxylic acids is 1. The normalized spacial score (nSPS) is 13.4. The standard InChI is InChI=1S/C10H9F5N2O/c11-6-1-4(8(16)3-9(17)18)5(2-7(6)12)10(13,14)15/h1-2,8H,3,16H2,(H2,17,18). The maximum Gasteiger partial charge on any atom is 0.416 e. The molecule has 0 aliphatic carbocycles. The van der Waals surface area contributed by atoms with Gasteiger partial charge in [0.15, 0.2) is 11.6 Å². The van der Waals surface area contributed by atoms with Gasteiger partial charge in [0.05, 0.1) is 5.56 Å². The molecule has 4 N–H and O–H groups in total. The fourth-order valence-corrected chi connectivity index (χ4v) is 1.44. The largest absolute Gasteiger partial charge is 0.416 e. The molecule has 0 radical (unpaired) electrons. The van der Waals surface area contributed by atoms with Crippen molar-refractivity contribution in [3.8, 4) is 0 Å². The summed E-state index contributed by atoms with van der Waals surface area (Å²) >= 11 is 0. The van der Waals surface area contributed by atoms with Crippen molar-refractivity contribution in [1.82, 2.24) is 0 Å². The predicted molar refractivity (Wildman–Crippen MR) is 52.1 cm³/mol. The fraction of sp³-hybridized carbons (Fsp3) is 0.300. The molecule has 1 amide bonds. The van der Waals surface area contributed by atoms with Crippen LogP contribution < -0.4 is 11.5 Å². The lowest BCUT2D eigenvalue weighted by Crippen LogP contribution is -2.24. The summed E-state index contributed by atoms with van der Waals surface area (Å²) in [7, 11) is 0. The Morgan fingerprint density at radius 3 is 2.17 bits per heavy atom. The third-order valence-electron chi connectivity index (χ3n) is 2.22. The van der Waals surface area contributed by atoms with Crippen molar-refractivity contribution in [1.29, 1.82) is 0 Å². The number of nitrogens with two attached hydrogens (primary N) is 2. The second-order valence-corrected chi connectivity index (χ2v) is 3.63. The van der Waals surface area contributed by atoms with E-state index in [9.17, 15) is 26.7 Å². The average Bonchev–Trinajstić information content (AvgIpc) is 2.18. The van der Waals surface area contributed by atoms with Gasteiger partial charge in [-0.25, -0.2) is 8.78 Å². The fourth-order valence-electron chi connectivity index (χ4n) is 1.44. The third-order valence-corrected chi connectivity index (χ3v) is 2.22. The highest BCUT2D eigenvalue weighted by atomic mass is 19.4. The third kappa shape index (κ3) is 3.16. The molecule has 8 heteroatoms. The summed E-state index contributed by atoms with van der Waals surface area (Å²) in [6, 6.07) is -1.12. The van der Waals surface area contributed by atoms with Crippen molar-refractivity contribution < 1.29 is 26.7 Å². The van der Waals surface area contributed by atoms with Gasteiger partial charge in [0.2, 0.25) is 5.91 Å². The van der Waals surface area contributed by atoms with E-state index in [-0.39, 0.29) is 6.07 Å². The Bertz CT molecular complexity index is 472. The van der Waals surface area contributed by atoms with Crippen LogP contribution in [0.25, 0.3) is 0 Å². The Morgan fingerprint density at radius 2 is 1.72 bits per heavy atom. The smallest absolute Gasteiger partial charge is 0.370 e. The highest BCUT2D eigenvalue weighted by Gasteiger charge is 2.36. The minimum atomic E-state index is -4.90. The molecule has 0 bridgehead atoms. The number of rotatable bonds is 3. The summed E-state index contributed by atoms with van der Waals surface area (Å²) in [5, 5.41) is 0. The van der Waals surface area contributed by atoms with E-state index in [0.717, 1.165) is 0 Å². The molecule has 0 saturated heterocycles. The summed E-state index contributed by atoms with van der Waals surface area (Å²) in [6.07, 6.45) is -5.51. The molecule has 0 fully saturated rings. The lowest BCUT2D eigenvalue weighted by Gasteiger charge is -2.17. The summed E-state index contributed by atoms with van der Waals surface area (Å²) < 4.78 is 63.5. The molecule has 0 spiro atoms. The first-order valence-electron chi connectivity index (χ1n) is 4.73. The van der Waals surface area contributed by atoms with E-state index in [1.165, 1.54) is 0 Å². The first kappa shape index (κ1) is 14.4. The van der Waals surface area contributed by atoms with E-state index in [2.05, 4.69) is 0 Å². The maximum absolute atomic E-state index is 12.9. The van der Waals surface area contributed by atoms with Crippen molar-refractivity contribution in [2.45, 2.75) is 18.6 Å². The van der Waals surface area contributed by atoms with Crippen LogP contribution in [-0.2, 0) is 11.0 Å². The molecule has 1 atom stereocenters. The zero-order valence-corrected chi connectivity index (χ0v) is 8.89. The molecule has 0 aliphatic rings. The van der Waals surface area contributed by atoms with Gasteiger partial charge in [-0.05, 0) is 17.7 Å². The topological polar surface area (TPSA) is 69.1 Å². The van der Waals surface area contributed by atoms with E-state index < -0.39 is 47.3 Å². The summed E-state index contributed by atoms with van der Waals surface area (Å²) in [4.78, 5) is 10.6. The van der Waals surface area contributed by atoms with Crippen LogP contribution in [0.3, 0.4) is 0 Å². The van der Waals surface area contributed by atoms with Gasteiger partial charge in [0.1, 0.15) is 0 Å². The molecule has 1 unspecified atom stereocenters. The van der Waals surface area contributed by atoms with Gasteiger partial charge in [-0.15, -0.1) is 0 Å². The summed E-state index contributed by atoms with van der Waals surface area (Å²) in [5.41, 5.74) is 7.98. The Morgan fingerprint density at radius 1 is 1.22 bits per heavy atom. The quantitative estimate of drug-likeness (QED) is 0.821. The average molecular weight is 268 g/mol. The zero-order chi connectivity index (χ0) is 14.1. The van der Waals surface area contributed by atoms with Crippen LogP contribution in [0.1, 0.15) is 23.6 Å². The highest BCUT2D eigenvalue weighted by molar-refractivity contribution is 5.74. The second kappa shape index (κ2) is 4.89. The summed E-state index contributed by atoms with van der Waals surface area (Å²) in [5.74, 6) is -4.06. The number of halogens is 5. The Balaban J connectivity index is 3.32. The van der Waals surface area contributed by atoms with Crippen LogP contribution in [-0.4, -0.2) is 5.91 Å². The van der Waals surface area contributed by atoms with Crippen molar-refractivity contribution in [3.63, 3.8) is 0 Å². The number of hydrogen-bond donors (Lipinski definition) is 2. The molecular weight excluding hydrogens is 259 g/mol. The first-order valence-corrected chi connectivity index (χ1v) is 4.73. The van der Waals surface area contributed by atoms with Crippen LogP contribution >= 0.6 is 0 Å². The summed E-state index contributed by atoms with van der Waals surface area (Å²) in [6.45, 7) is 0. The number of carbonyl (C=O) groups is 1. The van der Waals surface area contributed by atoms with E-state index in [1.807, 2.05) is 0 Å². The minimum absolute atomic E-state index is 0.00548. The molecule has 1 rings (SSSR count). The van der Waals surface area contributed by atoms with Crippen LogP contribution in [0.2, 0.25) is 0 Å². The lowest BCUT2D eigenvalue weighted by molar-refractivity contribution is -0.138. The van der Waals surface area contributed by atoms with Gasteiger partial charge in [-0.3, -0.25) is 4.79 Å². The molecule has 1 aromatic carbocycles. The number of alkyl halides is 3. The second-order valence-electron chi connectivity index (χ2n) is 3.63. The Kier molecular flexibility index (Phi) is 3.90. The van der Waals surface area contributed by atoms with Crippen LogP contribution in [0.4, 0.5) is 22.0 Å². The highest BCUT2D eigenvalue weighted by Crippen LogP contribution is 2.36. The van der Waals surface area contributed by atoms with Gasteiger partial charge in [0.25, 0.3) is 0 Å². The van der Waals surface area contributed by atoms with Crippen molar-refractivity contribution in [3.05, 3.63) is 34.9 Å². The number of primary amides is 1. The Labute approximate surface area is 98.6 Å². The molecule has 18 heavy (non-hydrogen) atoms. The molecule has 0 aromatic heterocycles. The van der Waals surface area contributed by atoms with Crippen molar-refractivity contribution >= 4 is 5.91 Å². The van der Waals surface area contributed by atoms with E-state index in [1.54, 1.807) is 0 Å². The number of amides is 1. The van der Waals surface area contributed by atoms with Crippen LogP contribution in [0.5, 0.6) is 0 Å². The van der Waals surface area contributed by atoms with E-state index >= 15 is 0 Å². The van der Waals surface area contributed by atoms with Gasteiger partial charge in [-0.1, -0.05) is 0 Å². The molecule has 0 aliphatic heterocycles. The number of benzene rings is 1. The SMILES string of the molecule is NC(=O)CC(N)c1cc(F)c(F)cc1C(F)(F)F. The molecule has 100 valence electrons. The Hall–Kier alpha value is -1.70.